The van der Waals surface area contributed by atoms with Crippen LogP contribution in [0.25, 0.3) is 0 Å². The van der Waals surface area contributed by atoms with Crippen LogP contribution in [0, 0.1) is 0 Å². The summed E-state index contributed by atoms with van der Waals surface area (Å²) in [6, 6.07) is 0.121. The maximum Gasteiger partial charge on any atom is 0.225 e. The van der Waals surface area contributed by atoms with Crippen molar-refractivity contribution in [2.45, 2.75) is 52.0 Å². The highest BCUT2D eigenvalue weighted by Gasteiger charge is 2.26. The average Bonchev–Trinajstić information content (AvgIpc) is 2.29. The molecule has 17 heavy (non-hydrogen) atoms. The number of Topliss-reactive ketones (excluding diaryl/α,β-unsaturated/α-hetero) is 1. The summed E-state index contributed by atoms with van der Waals surface area (Å²) in [5, 5.41) is 0. The Hall–Kier alpha value is -0.900. The lowest BCUT2D eigenvalue weighted by molar-refractivity contribution is -0.136. The zero-order valence-electron chi connectivity index (χ0n) is 10.9. The summed E-state index contributed by atoms with van der Waals surface area (Å²) in [4.78, 5) is 25.1. The van der Waals surface area contributed by atoms with Crippen LogP contribution >= 0.6 is 0 Å². The lowest BCUT2D eigenvalue weighted by atomic mass is 9.97. The molecule has 1 fully saturated rings. The second kappa shape index (κ2) is 7.43. The highest BCUT2D eigenvalue weighted by molar-refractivity contribution is 5.79. The number of ether oxygens (including phenoxy) is 1. The molecule has 1 saturated heterocycles. The average molecular weight is 241 g/mol. The number of piperidine rings is 1. The highest BCUT2D eigenvalue weighted by atomic mass is 16.5. The third-order valence-electron chi connectivity index (χ3n) is 3.13. The number of hydrogen-bond donors (Lipinski definition) is 0. The molecule has 0 aromatic rings. The Labute approximate surface area is 103 Å². The molecule has 1 rings (SSSR count). The van der Waals surface area contributed by atoms with Crippen molar-refractivity contribution in [2.24, 2.45) is 0 Å². The van der Waals surface area contributed by atoms with E-state index in [1.165, 1.54) is 0 Å². The van der Waals surface area contributed by atoms with Crippen LogP contribution in [0.5, 0.6) is 0 Å². The van der Waals surface area contributed by atoms with Gasteiger partial charge < -0.3 is 9.64 Å². The molecule has 1 amide bonds. The van der Waals surface area contributed by atoms with Crippen molar-refractivity contribution in [3.63, 3.8) is 0 Å². The largest absolute Gasteiger partial charge is 0.381 e. The first-order valence-electron chi connectivity index (χ1n) is 6.51. The van der Waals surface area contributed by atoms with E-state index in [9.17, 15) is 9.59 Å². The topological polar surface area (TPSA) is 46.6 Å². The fourth-order valence-corrected chi connectivity index (χ4v) is 2.32. The van der Waals surface area contributed by atoms with Gasteiger partial charge in [0.25, 0.3) is 0 Å². The smallest absolute Gasteiger partial charge is 0.225 e. The van der Waals surface area contributed by atoms with Gasteiger partial charge in [-0.3, -0.25) is 9.59 Å². The molecule has 1 heterocycles. The number of nitrogens with zero attached hydrogens (tertiary/aromatic N) is 1. The van der Waals surface area contributed by atoms with Crippen LogP contribution in [0.3, 0.4) is 0 Å². The summed E-state index contributed by atoms with van der Waals surface area (Å²) >= 11 is 0. The molecule has 0 aromatic carbocycles. The predicted molar refractivity (Wildman–Crippen MR) is 65.8 cm³/mol. The van der Waals surface area contributed by atoms with E-state index in [0.717, 1.165) is 25.8 Å². The fourth-order valence-electron chi connectivity index (χ4n) is 2.32. The number of hydrogen-bond acceptors (Lipinski definition) is 3. The van der Waals surface area contributed by atoms with Crippen molar-refractivity contribution < 1.29 is 14.3 Å². The first-order valence-corrected chi connectivity index (χ1v) is 6.51. The minimum Gasteiger partial charge on any atom is -0.381 e. The monoisotopic (exact) mass is 241 g/mol. The summed E-state index contributed by atoms with van der Waals surface area (Å²) in [7, 11) is 0. The molecule has 4 heteroatoms. The van der Waals surface area contributed by atoms with Crippen molar-refractivity contribution in [1.29, 1.82) is 0 Å². The summed E-state index contributed by atoms with van der Waals surface area (Å²) in [5.74, 6) is 0.295. The standard InChI is InChI=1S/C13H23NO3/c1-3-17-9-7-13(16)14-8-5-4-6-12(14)10-11(2)15/h12H,3-10H2,1-2H3. The molecule has 0 radical (unpaired) electrons. The molecular weight excluding hydrogens is 218 g/mol. The van der Waals surface area contributed by atoms with E-state index in [2.05, 4.69) is 0 Å². The van der Waals surface area contributed by atoms with Crippen LogP contribution in [0.15, 0.2) is 0 Å². The Kier molecular flexibility index (Phi) is 6.19. The van der Waals surface area contributed by atoms with Crippen molar-refractivity contribution in [2.75, 3.05) is 19.8 Å². The molecule has 0 aromatic heterocycles. The lowest BCUT2D eigenvalue weighted by Gasteiger charge is -2.35. The third-order valence-corrected chi connectivity index (χ3v) is 3.13. The molecule has 98 valence electrons. The number of carbonyl (C=O) groups is 2. The second-order valence-electron chi connectivity index (χ2n) is 4.59. The summed E-state index contributed by atoms with van der Waals surface area (Å²) in [6.45, 7) is 5.44. The zero-order valence-corrected chi connectivity index (χ0v) is 10.9. The van der Waals surface area contributed by atoms with Gasteiger partial charge >= 0.3 is 0 Å². The Balaban J connectivity index is 2.45. The molecule has 0 saturated carbocycles. The summed E-state index contributed by atoms with van der Waals surface area (Å²) < 4.78 is 5.20. The van der Waals surface area contributed by atoms with E-state index < -0.39 is 0 Å². The van der Waals surface area contributed by atoms with Crippen molar-refractivity contribution in [1.82, 2.24) is 4.90 Å². The van der Waals surface area contributed by atoms with Gasteiger partial charge in [0, 0.05) is 25.6 Å². The van der Waals surface area contributed by atoms with Gasteiger partial charge in [0.05, 0.1) is 13.0 Å². The van der Waals surface area contributed by atoms with E-state index in [-0.39, 0.29) is 17.7 Å². The number of likely N-dealkylation sites (tertiary alicyclic amines) is 1. The van der Waals surface area contributed by atoms with E-state index in [1.807, 2.05) is 11.8 Å². The number of rotatable bonds is 6. The lowest BCUT2D eigenvalue weighted by Crippen LogP contribution is -2.44. The number of carbonyl (C=O) groups excluding carboxylic acids is 2. The molecule has 1 aliphatic heterocycles. The second-order valence-corrected chi connectivity index (χ2v) is 4.59. The van der Waals surface area contributed by atoms with Crippen molar-refractivity contribution in [3.05, 3.63) is 0 Å². The quantitative estimate of drug-likeness (QED) is 0.666. The Morgan fingerprint density at radius 1 is 1.35 bits per heavy atom. The van der Waals surface area contributed by atoms with Gasteiger partial charge in [-0.05, 0) is 33.1 Å². The molecule has 1 unspecified atom stereocenters. The summed E-state index contributed by atoms with van der Waals surface area (Å²) in [5.41, 5.74) is 0. The van der Waals surface area contributed by atoms with Crippen LogP contribution < -0.4 is 0 Å². The molecule has 0 spiro atoms. The highest BCUT2D eigenvalue weighted by Crippen LogP contribution is 2.20. The van der Waals surface area contributed by atoms with Crippen LogP contribution in [-0.4, -0.2) is 42.4 Å². The molecule has 1 aliphatic rings. The normalized spacial score (nSPS) is 20.4. The maximum absolute atomic E-state index is 12.0. The summed E-state index contributed by atoms with van der Waals surface area (Å²) in [6.07, 6.45) is 4.06. The minimum absolute atomic E-state index is 0.121. The number of ketones is 1. The molecule has 1 atom stereocenters. The van der Waals surface area contributed by atoms with Gasteiger partial charge in [0.1, 0.15) is 5.78 Å². The first-order chi connectivity index (χ1) is 8.15. The Morgan fingerprint density at radius 2 is 2.12 bits per heavy atom. The maximum atomic E-state index is 12.0. The van der Waals surface area contributed by atoms with E-state index in [4.69, 9.17) is 4.74 Å². The van der Waals surface area contributed by atoms with E-state index in [0.29, 0.717) is 26.1 Å². The molecular formula is C13H23NO3. The van der Waals surface area contributed by atoms with Crippen molar-refractivity contribution >= 4 is 11.7 Å². The van der Waals surface area contributed by atoms with Gasteiger partial charge in [-0.25, -0.2) is 0 Å². The van der Waals surface area contributed by atoms with Crippen molar-refractivity contribution in [3.8, 4) is 0 Å². The molecule has 0 bridgehead atoms. The fraction of sp³-hybridized carbons (Fsp3) is 0.846. The minimum atomic E-state index is 0.121. The Bertz CT molecular complexity index is 265. The number of amides is 1. The molecule has 0 aliphatic carbocycles. The van der Waals surface area contributed by atoms with Gasteiger partial charge in [-0.15, -0.1) is 0 Å². The first kappa shape index (κ1) is 14.2. The predicted octanol–water partition coefficient (Wildman–Crippen LogP) is 1.77. The molecule has 4 nitrogen and oxygen atoms in total. The zero-order chi connectivity index (χ0) is 12.7. The van der Waals surface area contributed by atoms with E-state index >= 15 is 0 Å². The van der Waals surface area contributed by atoms with Crippen LogP contribution in [0.4, 0.5) is 0 Å². The van der Waals surface area contributed by atoms with Crippen LogP contribution in [0.2, 0.25) is 0 Å². The van der Waals surface area contributed by atoms with Crippen LogP contribution in [0.1, 0.15) is 46.0 Å². The third kappa shape index (κ3) is 4.86. The van der Waals surface area contributed by atoms with E-state index in [1.54, 1.807) is 6.92 Å². The van der Waals surface area contributed by atoms with Gasteiger partial charge in [-0.1, -0.05) is 0 Å². The van der Waals surface area contributed by atoms with Crippen LogP contribution in [-0.2, 0) is 14.3 Å². The van der Waals surface area contributed by atoms with Gasteiger partial charge in [0.2, 0.25) is 5.91 Å². The Morgan fingerprint density at radius 3 is 2.76 bits per heavy atom. The van der Waals surface area contributed by atoms with Gasteiger partial charge in [0.15, 0.2) is 0 Å². The molecule has 0 N–H and O–H groups in total. The SMILES string of the molecule is CCOCCC(=O)N1CCCCC1CC(C)=O. The van der Waals surface area contributed by atoms with Gasteiger partial charge in [-0.2, -0.15) is 0 Å².